The molecule has 19 heavy (non-hydrogen) atoms. The van der Waals surface area contributed by atoms with Gasteiger partial charge in [-0.05, 0) is 19.1 Å². The van der Waals surface area contributed by atoms with Gasteiger partial charge in [-0.3, -0.25) is 0 Å². The van der Waals surface area contributed by atoms with Gasteiger partial charge >= 0.3 is 0 Å². The number of sulfonamides is 1. The molecule has 0 saturated carbocycles. The van der Waals surface area contributed by atoms with Gasteiger partial charge in [-0.1, -0.05) is 0 Å². The van der Waals surface area contributed by atoms with Gasteiger partial charge in [0.05, 0.1) is 20.8 Å². The van der Waals surface area contributed by atoms with Gasteiger partial charge in [0.25, 0.3) is 0 Å². The van der Waals surface area contributed by atoms with Gasteiger partial charge < -0.3 is 14.2 Å². The zero-order valence-electron chi connectivity index (χ0n) is 11.1. The fourth-order valence-corrected chi connectivity index (χ4v) is 3.66. The van der Waals surface area contributed by atoms with Crippen LogP contribution in [-0.4, -0.2) is 46.3 Å². The normalized spacial score (nSPS) is 20.5. The zero-order chi connectivity index (χ0) is 14.0. The third kappa shape index (κ3) is 2.54. The number of hydrogen-bond acceptors (Lipinski definition) is 5. The standard InChI is InChI=1S/C12H17NO5S/c1-9-13(6-7-18-9)19(14,15)12-5-4-10(16-2)8-11(12)17-3/h4-5,8-9H,6-7H2,1-3H3. The summed E-state index contributed by atoms with van der Waals surface area (Å²) in [5.74, 6) is 0.806. The summed E-state index contributed by atoms with van der Waals surface area (Å²) in [4.78, 5) is 0.119. The lowest BCUT2D eigenvalue weighted by Crippen LogP contribution is -2.34. The van der Waals surface area contributed by atoms with Gasteiger partial charge in [0.2, 0.25) is 10.0 Å². The molecule has 1 heterocycles. The molecule has 6 nitrogen and oxygen atoms in total. The molecule has 1 atom stereocenters. The highest BCUT2D eigenvalue weighted by molar-refractivity contribution is 7.89. The first-order valence-corrected chi connectivity index (χ1v) is 7.30. The number of ether oxygens (including phenoxy) is 3. The second kappa shape index (κ2) is 5.36. The maximum absolute atomic E-state index is 12.5. The molecule has 0 aromatic heterocycles. The van der Waals surface area contributed by atoms with E-state index >= 15 is 0 Å². The van der Waals surface area contributed by atoms with Crippen LogP contribution in [0.1, 0.15) is 6.92 Å². The average molecular weight is 287 g/mol. The molecule has 1 aromatic rings. The topological polar surface area (TPSA) is 65.1 Å². The molecule has 1 fully saturated rings. The summed E-state index contributed by atoms with van der Waals surface area (Å²) in [5.41, 5.74) is 0. The highest BCUT2D eigenvalue weighted by Crippen LogP contribution is 2.32. The molecule has 1 saturated heterocycles. The molecule has 0 bridgehead atoms. The largest absolute Gasteiger partial charge is 0.497 e. The van der Waals surface area contributed by atoms with Gasteiger partial charge in [-0.2, -0.15) is 4.31 Å². The van der Waals surface area contributed by atoms with Crippen LogP contribution in [0.5, 0.6) is 11.5 Å². The number of methoxy groups -OCH3 is 2. The van der Waals surface area contributed by atoms with Crippen LogP contribution in [0.3, 0.4) is 0 Å². The molecule has 2 rings (SSSR count). The van der Waals surface area contributed by atoms with Crippen molar-refractivity contribution < 1.29 is 22.6 Å². The van der Waals surface area contributed by atoms with Crippen molar-refractivity contribution in [2.24, 2.45) is 0 Å². The summed E-state index contributed by atoms with van der Waals surface area (Å²) >= 11 is 0. The van der Waals surface area contributed by atoms with Crippen LogP contribution in [0.25, 0.3) is 0 Å². The first kappa shape index (κ1) is 14.1. The molecule has 0 N–H and O–H groups in total. The number of benzene rings is 1. The van der Waals surface area contributed by atoms with Gasteiger partial charge in [-0.25, -0.2) is 8.42 Å². The quantitative estimate of drug-likeness (QED) is 0.829. The van der Waals surface area contributed by atoms with Crippen molar-refractivity contribution in [3.63, 3.8) is 0 Å². The van der Waals surface area contributed by atoms with Crippen molar-refractivity contribution in [1.29, 1.82) is 0 Å². The van der Waals surface area contributed by atoms with Gasteiger partial charge in [0.1, 0.15) is 22.6 Å². The predicted octanol–water partition coefficient (Wildman–Crippen LogP) is 1.07. The fraction of sp³-hybridized carbons (Fsp3) is 0.500. The Bertz CT molecular complexity index is 557. The third-order valence-electron chi connectivity index (χ3n) is 3.03. The zero-order valence-corrected chi connectivity index (χ0v) is 11.9. The van der Waals surface area contributed by atoms with Crippen molar-refractivity contribution in [2.45, 2.75) is 18.0 Å². The van der Waals surface area contributed by atoms with E-state index in [1.54, 1.807) is 19.1 Å². The lowest BCUT2D eigenvalue weighted by Gasteiger charge is -2.20. The molecule has 0 aliphatic carbocycles. The SMILES string of the molecule is COc1ccc(S(=O)(=O)N2CCOC2C)c(OC)c1. The number of rotatable bonds is 4. The van der Waals surface area contributed by atoms with Crippen molar-refractivity contribution in [2.75, 3.05) is 27.4 Å². The highest BCUT2D eigenvalue weighted by atomic mass is 32.2. The first-order valence-electron chi connectivity index (χ1n) is 5.86. The van der Waals surface area contributed by atoms with Crippen LogP contribution in [0, 0.1) is 0 Å². The number of hydrogen-bond donors (Lipinski definition) is 0. The van der Waals surface area contributed by atoms with E-state index in [2.05, 4.69) is 0 Å². The van der Waals surface area contributed by atoms with Crippen LogP contribution in [0.4, 0.5) is 0 Å². The Morgan fingerprint density at radius 2 is 2.05 bits per heavy atom. The Hall–Kier alpha value is -1.31. The Labute approximate surface area is 112 Å². The molecule has 0 spiro atoms. The lowest BCUT2D eigenvalue weighted by atomic mass is 10.3. The van der Waals surface area contributed by atoms with E-state index in [4.69, 9.17) is 14.2 Å². The molecule has 7 heteroatoms. The Morgan fingerprint density at radius 1 is 1.32 bits per heavy atom. The summed E-state index contributed by atoms with van der Waals surface area (Å²) < 4.78 is 41.9. The summed E-state index contributed by atoms with van der Waals surface area (Å²) in [6.45, 7) is 2.46. The van der Waals surface area contributed by atoms with Crippen molar-refractivity contribution >= 4 is 10.0 Å². The van der Waals surface area contributed by atoms with E-state index in [1.165, 1.54) is 24.6 Å². The number of nitrogens with zero attached hydrogens (tertiary/aromatic N) is 1. The average Bonchev–Trinajstić information content (AvgIpc) is 2.84. The van der Waals surface area contributed by atoms with Crippen molar-refractivity contribution in [1.82, 2.24) is 4.31 Å². The monoisotopic (exact) mass is 287 g/mol. The van der Waals surface area contributed by atoms with Gasteiger partial charge in [0.15, 0.2) is 0 Å². The van der Waals surface area contributed by atoms with Crippen molar-refractivity contribution in [3.8, 4) is 11.5 Å². The summed E-state index contributed by atoms with van der Waals surface area (Å²) in [6.07, 6.45) is -0.461. The van der Waals surface area contributed by atoms with Crippen LogP contribution in [0.15, 0.2) is 23.1 Å². The minimum atomic E-state index is -3.63. The Morgan fingerprint density at radius 3 is 2.58 bits per heavy atom. The van der Waals surface area contributed by atoms with E-state index in [0.29, 0.717) is 18.9 Å². The summed E-state index contributed by atoms with van der Waals surface area (Å²) in [6, 6.07) is 4.63. The summed E-state index contributed by atoms with van der Waals surface area (Å²) in [5, 5.41) is 0. The Kier molecular flexibility index (Phi) is 3.98. The molecule has 1 unspecified atom stereocenters. The van der Waals surface area contributed by atoms with Crippen LogP contribution < -0.4 is 9.47 Å². The molecule has 0 amide bonds. The van der Waals surface area contributed by atoms with E-state index in [-0.39, 0.29) is 10.6 Å². The molecule has 106 valence electrons. The maximum atomic E-state index is 12.5. The Balaban J connectivity index is 2.45. The second-order valence-electron chi connectivity index (χ2n) is 4.10. The minimum absolute atomic E-state index is 0.119. The van der Waals surface area contributed by atoms with E-state index in [0.717, 1.165) is 0 Å². The molecular weight excluding hydrogens is 270 g/mol. The molecule has 1 aliphatic heterocycles. The first-order chi connectivity index (χ1) is 9.00. The second-order valence-corrected chi connectivity index (χ2v) is 5.96. The minimum Gasteiger partial charge on any atom is -0.497 e. The third-order valence-corrected chi connectivity index (χ3v) is 5.02. The predicted molar refractivity (Wildman–Crippen MR) is 68.9 cm³/mol. The van der Waals surface area contributed by atoms with Crippen molar-refractivity contribution in [3.05, 3.63) is 18.2 Å². The molecular formula is C12H17NO5S. The summed E-state index contributed by atoms with van der Waals surface area (Å²) in [7, 11) is -0.686. The van der Waals surface area contributed by atoms with Crippen LogP contribution in [-0.2, 0) is 14.8 Å². The van der Waals surface area contributed by atoms with Gasteiger partial charge in [-0.15, -0.1) is 0 Å². The lowest BCUT2D eigenvalue weighted by molar-refractivity contribution is 0.0846. The maximum Gasteiger partial charge on any atom is 0.249 e. The van der Waals surface area contributed by atoms with Crippen LogP contribution >= 0.6 is 0 Å². The van der Waals surface area contributed by atoms with Gasteiger partial charge in [0, 0.05) is 12.6 Å². The van der Waals surface area contributed by atoms with E-state index in [9.17, 15) is 8.42 Å². The molecule has 1 aromatic carbocycles. The fourth-order valence-electron chi connectivity index (χ4n) is 2.01. The van der Waals surface area contributed by atoms with E-state index in [1.807, 2.05) is 0 Å². The smallest absolute Gasteiger partial charge is 0.249 e. The molecule has 0 radical (unpaired) electrons. The highest BCUT2D eigenvalue weighted by Gasteiger charge is 2.35. The van der Waals surface area contributed by atoms with E-state index < -0.39 is 16.3 Å². The van der Waals surface area contributed by atoms with Crippen LogP contribution in [0.2, 0.25) is 0 Å². The molecule has 1 aliphatic rings.